The van der Waals surface area contributed by atoms with Crippen molar-refractivity contribution in [3.63, 3.8) is 0 Å². The zero-order chi connectivity index (χ0) is 20.8. The van der Waals surface area contributed by atoms with Crippen LogP contribution in [0.3, 0.4) is 0 Å². The SMILES string of the molecule is Cc1ccc(C)c(Cn2ccnc2CN(CCN2CCOCC2)C(=O)C(C)C)c1. The van der Waals surface area contributed by atoms with Gasteiger partial charge in [0.05, 0.1) is 19.8 Å². The Bertz CT molecular complexity index is 809. The number of benzene rings is 1. The lowest BCUT2D eigenvalue weighted by Crippen LogP contribution is -2.44. The quantitative estimate of drug-likeness (QED) is 0.686. The fourth-order valence-corrected chi connectivity index (χ4v) is 3.68. The van der Waals surface area contributed by atoms with Crippen LogP contribution in [-0.4, -0.2) is 64.7 Å². The van der Waals surface area contributed by atoms with E-state index in [-0.39, 0.29) is 11.8 Å². The van der Waals surface area contributed by atoms with Crippen molar-refractivity contribution in [2.75, 3.05) is 39.4 Å². The highest BCUT2D eigenvalue weighted by molar-refractivity contribution is 5.78. The molecule has 0 bridgehead atoms. The van der Waals surface area contributed by atoms with Crippen molar-refractivity contribution >= 4 is 5.91 Å². The van der Waals surface area contributed by atoms with Crippen LogP contribution in [0.25, 0.3) is 0 Å². The monoisotopic (exact) mass is 398 g/mol. The molecule has 0 saturated carbocycles. The van der Waals surface area contributed by atoms with Gasteiger partial charge in [0.15, 0.2) is 0 Å². The summed E-state index contributed by atoms with van der Waals surface area (Å²) < 4.78 is 7.60. The Morgan fingerprint density at radius 1 is 1.24 bits per heavy atom. The Morgan fingerprint density at radius 2 is 2.00 bits per heavy atom. The molecule has 6 nitrogen and oxygen atoms in total. The number of amides is 1. The number of aromatic nitrogens is 2. The normalized spacial score (nSPS) is 15.1. The lowest BCUT2D eigenvalue weighted by molar-refractivity contribution is -0.135. The second-order valence-corrected chi connectivity index (χ2v) is 8.27. The average Bonchev–Trinajstić information content (AvgIpc) is 3.14. The van der Waals surface area contributed by atoms with E-state index in [0.717, 1.165) is 45.2 Å². The van der Waals surface area contributed by atoms with Crippen LogP contribution in [0.1, 0.15) is 36.4 Å². The number of imidazole rings is 1. The van der Waals surface area contributed by atoms with Crippen LogP contribution in [0.5, 0.6) is 0 Å². The highest BCUT2D eigenvalue weighted by Gasteiger charge is 2.21. The van der Waals surface area contributed by atoms with E-state index in [2.05, 4.69) is 46.5 Å². The Hall–Kier alpha value is -2.18. The van der Waals surface area contributed by atoms with Crippen LogP contribution in [0.15, 0.2) is 30.6 Å². The summed E-state index contributed by atoms with van der Waals surface area (Å²) in [5.41, 5.74) is 3.83. The number of carbonyl (C=O) groups is 1. The molecule has 0 radical (unpaired) electrons. The molecule has 1 saturated heterocycles. The molecule has 1 aromatic carbocycles. The van der Waals surface area contributed by atoms with Crippen LogP contribution in [-0.2, 0) is 22.6 Å². The minimum Gasteiger partial charge on any atom is -0.379 e. The van der Waals surface area contributed by atoms with Gasteiger partial charge in [-0.1, -0.05) is 37.6 Å². The fourth-order valence-electron chi connectivity index (χ4n) is 3.68. The molecule has 1 aromatic heterocycles. The van der Waals surface area contributed by atoms with Crippen molar-refractivity contribution in [1.29, 1.82) is 0 Å². The van der Waals surface area contributed by atoms with Crippen molar-refractivity contribution < 1.29 is 9.53 Å². The first-order valence-corrected chi connectivity index (χ1v) is 10.6. The van der Waals surface area contributed by atoms with Crippen LogP contribution in [0, 0.1) is 19.8 Å². The Morgan fingerprint density at radius 3 is 2.72 bits per heavy atom. The zero-order valence-electron chi connectivity index (χ0n) is 18.2. The zero-order valence-corrected chi connectivity index (χ0v) is 18.2. The average molecular weight is 399 g/mol. The van der Waals surface area contributed by atoms with E-state index in [1.165, 1.54) is 16.7 Å². The maximum atomic E-state index is 12.9. The number of carbonyl (C=O) groups excluding carboxylic acids is 1. The predicted octanol–water partition coefficient (Wildman–Crippen LogP) is 2.87. The summed E-state index contributed by atoms with van der Waals surface area (Å²) in [5, 5.41) is 0. The lowest BCUT2D eigenvalue weighted by atomic mass is 10.1. The molecule has 2 heterocycles. The van der Waals surface area contributed by atoms with E-state index in [0.29, 0.717) is 13.1 Å². The number of nitrogens with zero attached hydrogens (tertiary/aromatic N) is 4. The van der Waals surface area contributed by atoms with Gasteiger partial charge in [-0.2, -0.15) is 0 Å². The van der Waals surface area contributed by atoms with Gasteiger partial charge >= 0.3 is 0 Å². The largest absolute Gasteiger partial charge is 0.379 e. The van der Waals surface area contributed by atoms with Crippen LogP contribution in [0.2, 0.25) is 0 Å². The molecule has 0 atom stereocenters. The van der Waals surface area contributed by atoms with Gasteiger partial charge in [0, 0.05) is 51.0 Å². The third kappa shape index (κ3) is 5.90. The van der Waals surface area contributed by atoms with Crippen LogP contribution >= 0.6 is 0 Å². The second-order valence-electron chi connectivity index (χ2n) is 8.27. The van der Waals surface area contributed by atoms with E-state index >= 15 is 0 Å². The van der Waals surface area contributed by atoms with Gasteiger partial charge in [-0.15, -0.1) is 0 Å². The molecule has 1 fully saturated rings. The van der Waals surface area contributed by atoms with Crippen molar-refractivity contribution in [3.8, 4) is 0 Å². The molecule has 1 amide bonds. The fraction of sp³-hybridized carbons (Fsp3) is 0.565. The Kier molecular flexibility index (Phi) is 7.45. The number of aryl methyl sites for hydroxylation is 2. The van der Waals surface area contributed by atoms with Crippen molar-refractivity contribution in [2.24, 2.45) is 5.92 Å². The smallest absolute Gasteiger partial charge is 0.225 e. The van der Waals surface area contributed by atoms with Gasteiger partial charge in [-0.05, 0) is 25.0 Å². The summed E-state index contributed by atoms with van der Waals surface area (Å²) in [6.45, 7) is 14.5. The third-order valence-corrected chi connectivity index (χ3v) is 5.57. The van der Waals surface area contributed by atoms with Crippen LogP contribution in [0.4, 0.5) is 0 Å². The van der Waals surface area contributed by atoms with E-state index in [4.69, 9.17) is 4.74 Å². The molecular weight excluding hydrogens is 364 g/mol. The summed E-state index contributed by atoms with van der Waals surface area (Å²) in [5.74, 6) is 1.09. The van der Waals surface area contributed by atoms with Gasteiger partial charge in [-0.25, -0.2) is 4.98 Å². The molecule has 158 valence electrons. The number of hydrogen-bond acceptors (Lipinski definition) is 4. The van der Waals surface area contributed by atoms with Gasteiger partial charge in [0.25, 0.3) is 0 Å². The van der Waals surface area contributed by atoms with Gasteiger partial charge in [0.1, 0.15) is 5.82 Å². The topological polar surface area (TPSA) is 50.6 Å². The van der Waals surface area contributed by atoms with E-state index in [9.17, 15) is 4.79 Å². The highest BCUT2D eigenvalue weighted by Crippen LogP contribution is 2.15. The summed E-state index contributed by atoms with van der Waals surface area (Å²) in [7, 11) is 0. The third-order valence-electron chi connectivity index (χ3n) is 5.57. The van der Waals surface area contributed by atoms with Gasteiger partial charge in [-0.3, -0.25) is 9.69 Å². The molecule has 29 heavy (non-hydrogen) atoms. The maximum Gasteiger partial charge on any atom is 0.225 e. The number of hydrogen-bond donors (Lipinski definition) is 0. The molecule has 0 N–H and O–H groups in total. The Balaban J connectivity index is 1.71. The second kappa shape index (κ2) is 10.0. The van der Waals surface area contributed by atoms with Crippen LogP contribution < -0.4 is 0 Å². The summed E-state index contributed by atoms with van der Waals surface area (Å²) in [6, 6.07) is 6.54. The summed E-state index contributed by atoms with van der Waals surface area (Å²) in [6.07, 6.45) is 3.84. The minimum absolute atomic E-state index is 0.0258. The van der Waals surface area contributed by atoms with Crippen molar-refractivity contribution in [3.05, 3.63) is 53.1 Å². The number of morpholine rings is 1. The molecule has 0 aliphatic carbocycles. The molecule has 2 aromatic rings. The molecule has 1 aliphatic rings. The molecule has 0 unspecified atom stereocenters. The molecule has 3 rings (SSSR count). The lowest BCUT2D eigenvalue weighted by Gasteiger charge is -2.31. The summed E-state index contributed by atoms with van der Waals surface area (Å²) in [4.78, 5) is 21.8. The van der Waals surface area contributed by atoms with Gasteiger partial charge in [0.2, 0.25) is 5.91 Å². The summed E-state index contributed by atoms with van der Waals surface area (Å²) >= 11 is 0. The molecule has 0 spiro atoms. The van der Waals surface area contributed by atoms with E-state index in [1.807, 2.05) is 31.1 Å². The van der Waals surface area contributed by atoms with Crippen molar-refractivity contribution in [2.45, 2.75) is 40.8 Å². The molecular formula is C23H34N4O2. The molecule has 1 aliphatic heterocycles. The number of rotatable bonds is 8. The van der Waals surface area contributed by atoms with Gasteiger partial charge < -0.3 is 14.2 Å². The first kappa shape index (κ1) is 21.5. The minimum atomic E-state index is -0.0258. The standard InChI is InChI=1S/C23H34N4O2/c1-18(2)23(28)27(10-9-25-11-13-29-14-12-25)17-22-24-7-8-26(22)16-21-15-19(3)5-6-20(21)4/h5-8,15,18H,9-14,16-17H2,1-4H3. The number of ether oxygens (including phenoxy) is 1. The highest BCUT2D eigenvalue weighted by atomic mass is 16.5. The predicted molar refractivity (Wildman–Crippen MR) is 115 cm³/mol. The molecule has 6 heteroatoms. The van der Waals surface area contributed by atoms with Crippen molar-refractivity contribution in [1.82, 2.24) is 19.4 Å². The van der Waals surface area contributed by atoms with E-state index in [1.54, 1.807) is 0 Å². The maximum absolute atomic E-state index is 12.9. The Labute approximate surface area is 174 Å². The first-order valence-electron chi connectivity index (χ1n) is 10.6. The van der Waals surface area contributed by atoms with E-state index < -0.39 is 0 Å². The first-order chi connectivity index (χ1) is 13.9.